The third kappa shape index (κ3) is 5.61. The molecule has 2 aromatic rings. The fourth-order valence-corrected chi connectivity index (χ4v) is 4.85. The van der Waals surface area contributed by atoms with Gasteiger partial charge in [-0.15, -0.1) is 0 Å². The van der Waals surface area contributed by atoms with Crippen molar-refractivity contribution >= 4 is 18.0 Å². The van der Waals surface area contributed by atoms with Gasteiger partial charge in [0.15, 0.2) is 0 Å². The van der Waals surface area contributed by atoms with Crippen LogP contribution in [0.25, 0.3) is 11.1 Å². The molecule has 0 heterocycles. The van der Waals surface area contributed by atoms with Crippen LogP contribution in [0.2, 0.25) is 0 Å². The molecule has 3 N–H and O–H groups in total. The van der Waals surface area contributed by atoms with Gasteiger partial charge in [-0.3, -0.25) is 9.59 Å². The van der Waals surface area contributed by atoms with Gasteiger partial charge in [-0.25, -0.2) is 4.79 Å². The molecule has 0 spiro atoms. The Morgan fingerprint density at radius 2 is 1.67 bits per heavy atom. The van der Waals surface area contributed by atoms with E-state index in [-0.39, 0.29) is 43.4 Å². The maximum absolute atomic E-state index is 12.2. The molecule has 1 saturated carbocycles. The minimum Gasteiger partial charge on any atom is -0.481 e. The second kappa shape index (κ2) is 10.3. The molecule has 4 rings (SSSR count). The summed E-state index contributed by atoms with van der Waals surface area (Å²) in [7, 11) is 0. The molecule has 0 aliphatic heterocycles. The van der Waals surface area contributed by atoms with Crippen molar-refractivity contribution in [3.63, 3.8) is 0 Å². The molecule has 2 aliphatic rings. The number of ether oxygens (including phenoxy) is 1. The Balaban J connectivity index is 1.20. The molecule has 2 aromatic carbocycles. The Kier molecular flexibility index (Phi) is 7.07. The summed E-state index contributed by atoms with van der Waals surface area (Å²) in [5.41, 5.74) is 4.65. The van der Waals surface area contributed by atoms with Crippen molar-refractivity contribution in [2.24, 2.45) is 5.92 Å². The molecule has 2 aliphatic carbocycles. The number of hydrogen-bond acceptors (Lipinski definition) is 4. The Labute approximate surface area is 192 Å². The van der Waals surface area contributed by atoms with Gasteiger partial charge in [0.2, 0.25) is 5.91 Å². The molecule has 2 amide bonds. The van der Waals surface area contributed by atoms with Crippen molar-refractivity contribution in [1.82, 2.24) is 10.6 Å². The molecule has 0 aromatic heterocycles. The van der Waals surface area contributed by atoms with Crippen molar-refractivity contribution in [2.75, 3.05) is 13.2 Å². The minimum absolute atomic E-state index is 0.000773. The van der Waals surface area contributed by atoms with Crippen molar-refractivity contribution in [3.05, 3.63) is 71.8 Å². The first kappa shape index (κ1) is 22.6. The summed E-state index contributed by atoms with van der Waals surface area (Å²) in [5.74, 6) is -0.927. The first-order valence-electron chi connectivity index (χ1n) is 11.3. The lowest BCUT2D eigenvalue weighted by Gasteiger charge is -2.14. The largest absolute Gasteiger partial charge is 0.481 e. The first-order valence-corrected chi connectivity index (χ1v) is 11.3. The zero-order chi connectivity index (χ0) is 23.2. The van der Waals surface area contributed by atoms with Gasteiger partial charge < -0.3 is 20.5 Å². The Bertz CT molecular complexity index is 1020. The van der Waals surface area contributed by atoms with E-state index in [4.69, 9.17) is 9.84 Å². The first-order chi connectivity index (χ1) is 16.0. The summed E-state index contributed by atoms with van der Waals surface area (Å²) < 4.78 is 5.47. The van der Waals surface area contributed by atoms with E-state index < -0.39 is 12.1 Å². The van der Waals surface area contributed by atoms with Gasteiger partial charge in [-0.05, 0) is 47.4 Å². The van der Waals surface area contributed by atoms with E-state index in [0.717, 1.165) is 24.0 Å². The quantitative estimate of drug-likeness (QED) is 0.532. The van der Waals surface area contributed by atoms with E-state index >= 15 is 0 Å². The number of carboxylic acids is 1. The summed E-state index contributed by atoms with van der Waals surface area (Å²) in [4.78, 5) is 35.0. The van der Waals surface area contributed by atoms with E-state index in [1.807, 2.05) is 24.3 Å². The van der Waals surface area contributed by atoms with Crippen LogP contribution < -0.4 is 10.6 Å². The highest BCUT2D eigenvalue weighted by Crippen LogP contribution is 2.44. The summed E-state index contributed by atoms with van der Waals surface area (Å²) in [6, 6.07) is 16.3. The van der Waals surface area contributed by atoms with Gasteiger partial charge in [0.1, 0.15) is 6.61 Å². The average molecular weight is 449 g/mol. The standard InChI is InChI=1S/C26H28N2O5/c29-24(28-18-12-11-17(14-18)15-25(30)31)10-5-13-27-26(32)33-16-23-21-8-3-1-6-19(21)20-7-2-4-9-22(20)23/h1-10,17-18,23H,11-16H2,(H,27,32)(H,28,29)(H,30,31)/b10-5+. The number of fused-ring (bicyclic) bond motifs is 3. The lowest BCUT2D eigenvalue weighted by atomic mass is 9.98. The maximum atomic E-state index is 12.2. The van der Waals surface area contributed by atoms with Crippen LogP contribution in [0.15, 0.2) is 60.7 Å². The Morgan fingerprint density at radius 3 is 2.33 bits per heavy atom. The molecule has 33 heavy (non-hydrogen) atoms. The number of hydrogen-bond donors (Lipinski definition) is 3. The zero-order valence-corrected chi connectivity index (χ0v) is 18.3. The lowest BCUT2D eigenvalue weighted by Crippen LogP contribution is -2.32. The molecule has 7 nitrogen and oxygen atoms in total. The van der Waals surface area contributed by atoms with E-state index in [1.165, 1.54) is 17.2 Å². The highest BCUT2D eigenvalue weighted by molar-refractivity contribution is 5.87. The normalized spacial score (nSPS) is 19.2. The van der Waals surface area contributed by atoms with Crippen LogP contribution >= 0.6 is 0 Å². The fraction of sp³-hybridized carbons (Fsp3) is 0.346. The number of carbonyl (C=O) groups excluding carboxylic acids is 2. The number of benzene rings is 2. The molecule has 0 saturated heterocycles. The van der Waals surface area contributed by atoms with Crippen LogP contribution in [-0.4, -0.2) is 42.3 Å². The molecule has 2 unspecified atom stereocenters. The molecular weight excluding hydrogens is 420 g/mol. The monoisotopic (exact) mass is 448 g/mol. The minimum atomic E-state index is -0.800. The van der Waals surface area contributed by atoms with Gasteiger partial charge >= 0.3 is 12.1 Å². The zero-order valence-electron chi connectivity index (χ0n) is 18.3. The van der Waals surface area contributed by atoms with Crippen LogP contribution in [0.4, 0.5) is 4.79 Å². The molecule has 0 radical (unpaired) electrons. The number of carboxylic acid groups (broad SMARTS) is 1. The van der Waals surface area contributed by atoms with E-state index in [1.54, 1.807) is 6.08 Å². The summed E-state index contributed by atoms with van der Waals surface area (Å²) in [5, 5.41) is 14.4. The van der Waals surface area contributed by atoms with E-state index in [0.29, 0.717) is 6.42 Å². The second-order valence-corrected chi connectivity index (χ2v) is 8.59. The molecule has 1 fully saturated rings. The maximum Gasteiger partial charge on any atom is 0.407 e. The summed E-state index contributed by atoms with van der Waals surface area (Å²) in [6.07, 6.45) is 4.85. The predicted octanol–water partition coefficient (Wildman–Crippen LogP) is 3.84. The number of aliphatic carboxylic acids is 1. The van der Waals surface area contributed by atoms with Gasteiger partial charge in [-0.1, -0.05) is 54.6 Å². The highest BCUT2D eigenvalue weighted by Gasteiger charge is 2.29. The van der Waals surface area contributed by atoms with Crippen molar-refractivity contribution in [2.45, 2.75) is 37.6 Å². The van der Waals surface area contributed by atoms with Crippen molar-refractivity contribution in [1.29, 1.82) is 0 Å². The molecule has 2 atom stereocenters. The van der Waals surface area contributed by atoms with E-state index in [2.05, 4.69) is 34.9 Å². The third-order valence-electron chi connectivity index (χ3n) is 6.33. The number of rotatable bonds is 8. The van der Waals surface area contributed by atoms with E-state index in [9.17, 15) is 14.4 Å². The van der Waals surface area contributed by atoms with Gasteiger partial charge in [0, 0.05) is 31.0 Å². The lowest BCUT2D eigenvalue weighted by molar-refractivity contribution is -0.138. The molecular formula is C26H28N2O5. The molecule has 172 valence electrons. The average Bonchev–Trinajstić information content (AvgIpc) is 3.36. The SMILES string of the molecule is O=C(O)CC1CCC(NC(=O)/C=C/CNC(=O)OCC2c3ccccc3-c3ccccc32)C1. The topological polar surface area (TPSA) is 105 Å². The van der Waals surface area contributed by atoms with Crippen LogP contribution in [0.3, 0.4) is 0 Å². The van der Waals surface area contributed by atoms with Crippen LogP contribution in [-0.2, 0) is 14.3 Å². The fourth-order valence-electron chi connectivity index (χ4n) is 4.85. The number of alkyl carbamates (subject to hydrolysis) is 1. The summed E-state index contributed by atoms with van der Waals surface area (Å²) >= 11 is 0. The van der Waals surface area contributed by atoms with Crippen LogP contribution in [0.5, 0.6) is 0 Å². The highest BCUT2D eigenvalue weighted by atomic mass is 16.5. The summed E-state index contributed by atoms with van der Waals surface area (Å²) in [6.45, 7) is 0.416. The number of carbonyl (C=O) groups is 3. The molecule has 0 bridgehead atoms. The van der Waals surface area contributed by atoms with Crippen LogP contribution in [0, 0.1) is 5.92 Å². The smallest absolute Gasteiger partial charge is 0.407 e. The number of amides is 2. The Morgan fingerprint density at radius 1 is 1.00 bits per heavy atom. The van der Waals surface area contributed by atoms with Gasteiger partial charge in [-0.2, -0.15) is 0 Å². The third-order valence-corrected chi connectivity index (χ3v) is 6.33. The van der Waals surface area contributed by atoms with Crippen molar-refractivity contribution < 1.29 is 24.2 Å². The van der Waals surface area contributed by atoms with Crippen LogP contribution in [0.1, 0.15) is 42.7 Å². The van der Waals surface area contributed by atoms with Gasteiger partial charge in [0.25, 0.3) is 0 Å². The van der Waals surface area contributed by atoms with Gasteiger partial charge in [0.05, 0.1) is 0 Å². The Hall–Kier alpha value is -3.61. The molecule has 7 heteroatoms. The number of nitrogens with one attached hydrogen (secondary N) is 2. The second-order valence-electron chi connectivity index (χ2n) is 8.59. The predicted molar refractivity (Wildman–Crippen MR) is 124 cm³/mol. The van der Waals surface area contributed by atoms with Crippen molar-refractivity contribution in [3.8, 4) is 11.1 Å².